The first-order valence-electron chi connectivity index (χ1n) is 7.93. The van der Waals surface area contributed by atoms with E-state index in [9.17, 15) is 0 Å². The van der Waals surface area contributed by atoms with Gasteiger partial charge in [0, 0.05) is 13.1 Å². The Hall–Kier alpha value is -2.70. The topological polar surface area (TPSA) is 70.5 Å². The number of aromatic nitrogens is 2. The van der Waals surface area contributed by atoms with Gasteiger partial charge in [-0.3, -0.25) is 15.7 Å². The van der Waals surface area contributed by atoms with E-state index in [1.807, 2.05) is 42.6 Å². The fraction of sp³-hybridized carbons (Fsp3) is 0.222. The van der Waals surface area contributed by atoms with Crippen LogP contribution in [-0.4, -0.2) is 41.5 Å². The largest absolute Gasteiger partial charge is 0.378 e. The molecular formula is C18H18N4O2. The summed E-state index contributed by atoms with van der Waals surface area (Å²) in [6.07, 6.45) is 1.82. The molecule has 0 spiro atoms. The monoisotopic (exact) mass is 322 g/mol. The van der Waals surface area contributed by atoms with E-state index in [1.54, 1.807) is 6.07 Å². The zero-order valence-corrected chi connectivity index (χ0v) is 13.1. The Labute approximate surface area is 139 Å². The Morgan fingerprint density at radius 3 is 2.67 bits per heavy atom. The molecule has 1 fully saturated rings. The zero-order chi connectivity index (χ0) is 16.4. The highest BCUT2D eigenvalue weighted by Crippen LogP contribution is 2.26. The quantitative estimate of drug-likeness (QED) is 0.723. The SMILES string of the molecule is ONc1cccc(-c2ccc3ncc(N4CCOCC4)nc3c2)c1. The van der Waals surface area contributed by atoms with Gasteiger partial charge < -0.3 is 9.64 Å². The highest BCUT2D eigenvalue weighted by molar-refractivity contribution is 5.82. The molecule has 2 heterocycles. The van der Waals surface area contributed by atoms with Crippen molar-refractivity contribution in [3.63, 3.8) is 0 Å². The number of nitrogens with zero attached hydrogens (tertiary/aromatic N) is 3. The fourth-order valence-electron chi connectivity index (χ4n) is 2.89. The van der Waals surface area contributed by atoms with Crippen molar-refractivity contribution in [2.45, 2.75) is 0 Å². The third kappa shape index (κ3) is 2.89. The van der Waals surface area contributed by atoms with Crippen molar-refractivity contribution >= 4 is 22.5 Å². The van der Waals surface area contributed by atoms with Gasteiger partial charge in [-0.15, -0.1) is 0 Å². The maximum atomic E-state index is 9.07. The maximum absolute atomic E-state index is 9.07. The molecule has 1 aliphatic rings. The summed E-state index contributed by atoms with van der Waals surface area (Å²) in [5.41, 5.74) is 6.61. The Morgan fingerprint density at radius 2 is 1.83 bits per heavy atom. The van der Waals surface area contributed by atoms with Crippen molar-refractivity contribution in [3.05, 3.63) is 48.7 Å². The van der Waals surface area contributed by atoms with Crippen LogP contribution in [0.3, 0.4) is 0 Å². The summed E-state index contributed by atoms with van der Waals surface area (Å²) in [4.78, 5) is 11.5. The third-order valence-corrected chi connectivity index (χ3v) is 4.19. The number of benzene rings is 2. The van der Waals surface area contributed by atoms with Crippen molar-refractivity contribution in [2.75, 3.05) is 36.7 Å². The Morgan fingerprint density at radius 1 is 1.00 bits per heavy atom. The highest BCUT2D eigenvalue weighted by atomic mass is 16.5. The van der Waals surface area contributed by atoms with Crippen LogP contribution in [0.25, 0.3) is 22.2 Å². The standard InChI is InChI=1S/C18H18N4O2/c23-21-15-3-1-2-13(10-15)14-4-5-16-17(11-14)20-18(12-19-16)22-6-8-24-9-7-22/h1-5,10-12,21,23H,6-9H2. The number of rotatable bonds is 3. The van der Waals surface area contributed by atoms with Crippen molar-refractivity contribution in [2.24, 2.45) is 0 Å². The molecule has 0 saturated carbocycles. The zero-order valence-electron chi connectivity index (χ0n) is 13.1. The first-order chi connectivity index (χ1) is 11.8. The molecule has 1 aromatic heterocycles. The van der Waals surface area contributed by atoms with E-state index < -0.39 is 0 Å². The van der Waals surface area contributed by atoms with Crippen molar-refractivity contribution < 1.29 is 9.94 Å². The van der Waals surface area contributed by atoms with Crippen LogP contribution >= 0.6 is 0 Å². The first kappa shape index (κ1) is 14.9. The van der Waals surface area contributed by atoms with Gasteiger partial charge in [-0.1, -0.05) is 18.2 Å². The smallest absolute Gasteiger partial charge is 0.148 e. The minimum absolute atomic E-state index is 0.653. The Balaban J connectivity index is 1.72. The van der Waals surface area contributed by atoms with Gasteiger partial charge in [0.05, 0.1) is 36.1 Å². The normalized spacial score (nSPS) is 14.8. The van der Waals surface area contributed by atoms with E-state index in [0.717, 1.165) is 54.3 Å². The molecule has 1 aliphatic heterocycles. The summed E-state index contributed by atoms with van der Waals surface area (Å²) in [5.74, 6) is 0.883. The van der Waals surface area contributed by atoms with Gasteiger partial charge in [-0.05, 0) is 35.4 Å². The summed E-state index contributed by atoms with van der Waals surface area (Å²) in [5, 5.41) is 9.07. The summed E-state index contributed by atoms with van der Waals surface area (Å²) in [6.45, 7) is 3.12. The van der Waals surface area contributed by atoms with Gasteiger partial charge in [0.15, 0.2) is 0 Å². The predicted molar refractivity (Wildman–Crippen MR) is 93.4 cm³/mol. The van der Waals surface area contributed by atoms with Gasteiger partial charge in [-0.25, -0.2) is 4.98 Å². The average molecular weight is 322 g/mol. The van der Waals surface area contributed by atoms with E-state index in [-0.39, 0.29) is 0 Å². The van der Waals surface area contributed by atoms with E-state index >= 15 is 0 Å². The average Bonchev–Trinajstić information content (AvgIpc) is 2.68. The molecule has 0 amide bonds. The molecule has 0 aliphatic carbocycles. The molecule has 0 bridgehead atoms. The molecule has 6 nitrogen and oxygen atoms in total. The molecule has 2 aromatic carbocycles. The van der Waals surface area contributed by atoms with Crippen LogP contribution in [0.5, 0.6) is 0 Å². The lowest BCUT2D eigenvalue weighted by Gasteiger charge is -2.27. The number of hydrogen-bond acceptors (Lipinski definition) is 6. The van der Waals surface area contributed by atoms with Crippen molar-refractivity contribution in [1.29, 1.82) is 0 Å². The van der Waals surface area contributed by atoms with Gasteiger partial charge in [0.25, 0.3) is 0 Å². The third-order valence-electron chi connectivity index (χ3n) is 4.19. The van der Waals surface area contributed by atoms with Crippen LogP contribution in [0.1, 0.15) is 0 Å². The minimum Gasteiger partial charge on any atom is -0.378 e. The van der Waals surface area contributed by atoms with Crippen LogP contribution in [0.2, 0.25) is 0 Å². The summed E-state index contributed by atoms with van der Waals surface area (Å²) < 4.78 is 5.39. The van der Waals surface area contributed by atoms with Crippen LogP contribution in [0, 0.1) is 0 Å². The van der Waals surface area contributed by atoms with Crippen LogP contribution in [0.15, 0.2) is 48.7 Å². The van der Waals surface area contributed by atoms with Crippen LogP contribution in [0.4, 0.5) is 11.5 Å². The molecule has 0 unspecified atom stereocenters. The van der Waals surface area contributed by atoms with Crippen LogP contribution < -0.4 is 10.4 Å². The van der Waals surface area contributed by atoms with Crippen LogP contribution in [-0.2, 0) is 4.74 Å². The van der Waals surface area contributed by atoms with Crippen molar-refractivity contribution in [1.82, 2.24) is 9.97 Å². The number of anilines is 2. The van der Waals surface area contributed by atoms with Gasteiger partial charge >= 0.3 is 0 Å². The Bertz CT molecular complexity index is 863. The second-order valence-corrected chi connectivity index (χ2v) is 5.72. The molecule has 0 atom stereocenters. The second kappa shape index (κ2) is 6.43. The number of fused-ring (bicyclic) bond motifs is 1. The molecule has 2 N–H and O–H groups in total. The van der Waals surface area contributed by atoms with E-state index in [2.05, 4.69) is 15.4 Å². The number of nitrogens with one attached hydrogen (secondary N) is 1. The lowest BCUT2D eigenvalue weighted by molar-refractivity contribution is 0.122. The van der Waals surface area contributed by atoms with Gasteiger partial charge in [0.1, 0.15) is 5.82 Å². The van der Waals surface area contributed by atoms with E-state index in [1.165, 1.54) is 0 Å². The lowest BCUT2D eigenvalue weighted by atomic mass is 10.0. The molecule has 4 rings (SSSR count). The summed E-state index contributed by atoms with van der Waals surface area (Å²) >= 11 is 0. The highest BCUT2D eigenvalue weighted by Gasteiger charge is 2.13. The molecule has 0 radical (unpaired) electrons. The van der Waals surface area contributed by atoms with E-state index in [4.69, 9.17) is 14.9 Å². The number of morpholine rings is 1. The molecule has 6 heteroatoms. The van der Waals surface area contributed by atoms with E-state index in [0.29, 0.717) is 5.69 Å². The first-order valence-corrected chi connectivity index (χ1v) is 7.93. The molecular weight excluding hydrogens is 304 g/mol. The number of ether oxygens (including phenoxy) is 1. The van der Waals surface area contributed by atoms with Gasteiger partial charge in [0.2, 0.25) is 0 Å². The van der Waals surface area contributed by atoms with Gasteiger partial charge in [-0.2, -0.15) is 0 Å². The summed E-state index contributed by atoms with van der Waals surface area (Å²) in [6, 6.07) is 13.6. The maximum Gasteiger partial charge on any atom is 0.148 e. The molecule has 122 valence electrons. The lowest BCUT2D eigenvalue weighted by Crippen LogP contribution is -2.36. The predicted octanol–water partition coefficient (Wildman–Crippen LogP) is 2.93. The van der Waals surface area contributed by atoms with Crippen molar-refractivity contribution in [3.8, 4) is 11.1 Å². The second-order valence-electron chi connectivity index (χ2n) is 5.72. The minimum atomic E-state index is 0.653. The Kier molecular flexibility index (Phi) is 3.98. The number of hydrogen-bond donors (Lipinski definition) is 2. The summed E-state index contributed by atoms with van der Waals surface area (Å²) in [7, 11) is 0. The molecule has 1 saturated heterocycles. The molecule has 24 heavy (non-hydrogen) atoms. The molecule has 3 aromatic rings. The fourth-order valence-corrected chi connectivity index (χ4v) is 2.89.